The number of nitrogens with two attached hydrogens (primary N) is 1. The van der Waals surface area contributed by atoms with E-state index in [4.69, 9.17) is 5.73 Å². The average molecular weight is 573 g/mol. The molecule has 6 nitrogen and oxygen atoms in total. The molecule has 1 aromatic rings. The molecule has 3 N–H and O–H groups in total. The van der Waals surface area contributed by atoms with Crippen LogP contribution < -0.4 is 5.73 Å². The van der Waals surface area contributed by atoms with Crippen molar-refractivity contribution in [3.05, 3.63) is 35.9 Å². The Morgan fingerprint density at radius 1 is 1.00 bits per heavy atom. The van der Waals surface area contributed by atoms with Crippen molar-refractivity contribution in [3.8, 4) is 0 Å². The Morgan fingerprint density at radius 2 is 1.46 bits per heavy atom. The molecule has 0 aromatic heterocycles. The van der Waals surface area contributed by atoms with Gasteiger partial charge in [0.25, 0.3) is 15.7 Å². The quantitative estimate of drug-likeness (QED) is 0.346. The van der Waals surface area contributed by atoms with Crippen LogP contribution in [0.4, 0.5) is 39.5 Å². The Balaban J connectivity index is 2.51. The van der Waals surface area contributed by atoms with Crippen LogP contribution in [-0.2, 0) is 23.8 Å². The third kappa shape index (κ3) is 6.00. The molecule has 0 saturated heterocycles. The minimum Gasteiger partial charge on any atom is -0.373 e. The Morgan fingerprint density at radius 3 is 1.84 bits per heavy atom. The lowest BCUT2D eigenvalue weighted by atomic mass is 9.62. The summed E-state index contributed by atoms with van der Waals surface area (Å²) in [7, 11) is -5.20. The summed E-state index contributed by atoms with van der Waals surface area (Å²) in [5.41, 5.74) is -1.86. The smallest absolute Gasteiger partial charge is 0.373 e. The number of benzene rings is 1. The molecule has 0 heterocycles. The maximum absolute atomic E-state index is 13.3. The lowest BCUT2D eigenvalue weighted by molar-refractivity contribution is -0.387. The normalized spacial score (nSPS) is 23.9. The standard InChI is InChI=1S/C21H24F9NO5S/c1-16(13-5-3-2-4-6-13,37(34,35)36-12-18(22,23)24)11-17(15(31)32)9-7-14(8-10-17)19(33,20(25,26)27)21(28,29)30/h2-6,14,33H,7-12H2,1H3,(H2,31,32). The topological polar surface area (TPSA) is 107 Å². The summed E-state index contributed by atoms with van der Waals surface area (Å²) < 4.78 is 146. The lowest BCUT2D eigenvalue weighted by Gasteiger charge is -2.47. The van der Waals surface area contributed by atoms with Crippen LogP contribution in [0.1, 0.15) is 44.6 Å². The van der Waals surface area contributed by atoms with E-state index in [1.54, 1.807) is 0 Å². The van der Waals surface area contributed by atoms with Crippen LogP contribution in [0.5, 0.6) is 0 Å². The molecule has 1 aliphatic rings. The van der Waals surface area contributed by atoms with E-state index in [1.165, 1.54) is 30.3 Å². The van der Waals surface area contributed by atoms with Crippen LogP contribution >= 0.6 is 0 Å². The van der Waals surface area contributed by atoms with Gasteiger partial charge in [0.1, 0.15) is 4.75 Å². The van der Waals surface area contributed by atoms with Crippen LogP contribution in [-0.4, -0.2) is 50.2 Å². The van der Waals surface area contributed by atoms with Gasteiger partial charge in [0.15, 0.2) is 6.61 Å². The van der Waals surface area contributed by atoms with Crippen LogP contribution in [0, 0.1) is 11.3 Å². The first-order valence-corrected chi connectivity index (χ1v) is 12.1. The summed E-state index contributed by atoms with van der Waals surface area (Å²) in [6.45, 7) is -1.29. The summed E-state index contributed by atoms with van der Waals surface area (Å²) >= 11 is 0. The van der Waals surface area contributed by atoms with Gasteiger partial charge >= 0.3 is 18.5 Å². The van der Waals surface area contributed by atoms with Crippen molar-refractivity contribution in [1.82, 2.24) is 0 Å². The van der Waals surface area contributed by atoms with Crippen molar-refractivity contribution in [2.45, 2.75) is 67.9 Å². The molecule has 1 fully saturated rings. The summed E-state index contributed by atoms with van der Waals surface area (Å²) in [6.07, 6.45) is -21.9. The van der Waals surface area contributed by atoms with Crippen molar-refractivity contribution < 1.29 is 62.0 Å². The molecule has 16 heteroatoms. The van der Waals surface area contributed by atoms with Crippen molar-refractivity contribution in [2.24, 2.45) is 17.1 Å². The Bertz CT molecular complexity index is 1050. The van der Waals surface area contributed by atoms with Gasteiger partial charge in [-0.2, -0.15) is 47.9 Å². The third-order valence-corrected chi connectivity index (χ3v) is 8.82. The zero-order chi connectivity index (χ0) is 28.7. The summed E-state index contributed by atoms with van der Waals surface area (Å²) in [6, 6.07) is 6.49. The van der Waals surface area contributed by atoms with Gasteiger partial charge in [0, 0.05) is 5.92 Å². The Hall–Kier alpha value is -2.07. The molecule has 0 bridgehead atoms. The highest BCUT2D eigenvalue weighted by atomic mass is 32.2. The molecule has 1 aromatic carbocycles. The van der Waals surface area contributed by atoms with Gasteiger partial charge in [0.2, 0.25) is 5.91 Å². The summed E-state index contributed by atoms with van der Waals surface area (Å²) in [5, 5.41) is 9.72. The number of carbonyl (C=O) groups is 1. The van der Waals surface area contributed by atoms with Crippen molar-refractivity contribution >= 4 is 16.0 Å². The number of hydrogen-bond acceptors (Lipinski definition) is 5. The molecule has 2 rings (SSSR count). The van der Waals surface area contributed by atoms with Gasteiger partial charge in [-0.3, -0.25) is 8.98 Å². The largest absolute Gasteiger partial charge is 0.426 e. The van der Waals surface area contributed by atoms with E-state index in [-0.39, 0.29) is 5.56 Å². The summed E-state index contributed by atoms with van der Waals surface area (Å²) in [4.78, 5) is 12.5. The van der Waals surface area contributed by atoms with Crippen LogP contribution in [0.25, 0.3) is 0 Å². The Labute approximate surface area is 206 Å². The first-order valence-electron chi connectivity index (χ1n) is 10.7. The van der Waals surface area contributed by atoms with Crippen LogP contribution in [0.15, 0.2) is 30.3 Å². The molecule has 0 radical (unpaired) electrons. The minimum atomic E-state index is -6.12. The second-order valence-electron chi connectivity index (χ2n) is 9.29. The molecule has 1 aliphatic carbocycles. The maximum Gasteiger partial charge on any atom is 0.426 e. The van der Waals surface area contributed by atoms with E-state index in [0.29, 0.717) is 0 Å². The van der Waals surface area contributed by atoms with Gasteiger partial charge in [-0.1, -0.05) is 30.3 Å². The average Bonchev–Trinajstić information content (AvgIpc) is 2.76. The van der Waals surface area contributed by atoms with Crippen molar-refractivity contribution in [2.75, 3.05) is 6.61 Å². The first-order chi connectivity index (χ1) is 16.5. The highest BCUT2D eigenvalue weighted by Crippen LogP contribution is 2.56. The molecule has 0 spiro atoms. The maximum atomic E-state index is 13.3. The van der Waals surface area contributed by atoms with E-state index in [1.807, 2.05) is 0 Å². The van der Waals surface area contributed by atoms with Gasteiger partial charge in [-0.05, 0) is 44.6 Å². The molecule has 37 heavy (non-hydrogen) atoms. The SMILES string of the molecule is CC(CC1(C(N)=O)CCC(C(O)(C(F)(F)F)C(F)(F)F)CC1)(c1ccccc1)S(=O)(=O)OCC(F)(F)F. The van der Waals surface area contributed by atoms with E-state index < -0.39 is 94.9 Å². The van der Waals surface area contributed by atoms with Gasteiger partial charge in [-0.15, -0.1) is 0 Å². The van der Waals surface area contributed by atoms with Crippen molar-refractivity contribution in [3.63, 3.8) is 0 Å². The highest BCUT2D eigenvalue weighted by molar-refractivity contribution is 7.87. The zero-order valence-electron chi connectivity index (χ0n) is 19.2. The molecular weight excluding hydrogens is 549 g/mol. The third-order valence-electron chi connectivity index (χ3n) is 6.91. The molecule has 1 unspecified atom stereocenters. The summed E-state index contributed by atoms with van der Waals surface area (Å²) in [5.74, 6) is -3.72. The van der Waals surface area contributed by atoms with Crippen molar-refractivity contribution in [1.29, 1.82) is 0 Å². The fourth-order valence-corrected chi connectivity index (χ4v) is 6.19. The van der Waals surface area contributed by atoms with Gasteiger partial charge < -0.3 is 10.8 Å². The van der Waals surface area contributed by atoms with Crippen LogP contribution in [0.2, 0.25) is 0 Å². The fourth-order valence-electron chi connectivity index (χ4n) is 4.77. The molecule has 1 atom stereocenters. The number of hydrogen-bond donors (Lipinski definition) is 2. The number of amides is 1. The molecule has 0 aliphatic heterocycles. The van der Waals surface area contributed by atoms with Gasteiger partial charge in [-0.25, -0.2) is 0 Å². The van der Waals surface area contributed by atoms with E-state index >= 15 is 0 Å². The lowest BCUT2D eigenvalue weighted by Crippen LogP contribution is -2.63. The predicted octanol–water partition coefficient (Wildman–Crippen LogP) is 4.72. The van der Waals surface area contributed by atoms with Crippen LogP contribution in [0.3, 0.4) is 0 Å². The number of rotatable bonds is 8. The zero-order valence-corrected chi connectivity index (χ0v) is 20.0. The minimum absolute atomic E-state index is 0.151. The number of halogens is 9. The first kappa shape index (κ1) is 31.1. The number of aliphatic hydroxyl groups is 1. The fraction of sp³-hybridized carbons (Fsp3) is 0.667. The van der Waals surface area contributed by atoms with E-state index in [0.717, 1.165) is 6.92 Å². The van der Waals surface area contributed by atoms with E-state index in [2.05, 4.69) is 4.18 Å². The molecule has 1 saturated carbocycles. The highest BCUT2D eigenvalue weighted by Gasteiger charge is 2.74. The monoisotopic (exact) mass is 573 g/mol. The molecule has 212 valence electrons. The molecule has 1 amide bonds. The second-order valence-corrected chi connectivity index (χ2v) is 11.3. The number of alkyl halides is 9. The predicted molar refractivity (Wildman–Crippen MR) is 110 cm³/mol. The molecular formula is C21H24F9NO5S. The Kier molecular flexibility index (Phi) is 8.34. The number of carbonyl (C=O) groups excluding carboxylic acids is 1. The van der Waals surface area contributed by atoms with Gasteiger partial charge in [0.05, 0.1) is 5.41 Å². The second kappa shape index (κ2) is 9.91. The van der Waals surface area contributed by atoms with E-state index in [9.17, 15) is 57.8 Å². The number of primary amides is 1.